The minimum Gasteiger partial charge on any atom is -0.491 e. The topological polar surface area (TPSA) is 30.5 Å². The molecule has 1 N–H and O–H groups in total. The third-order valence-corrected chi connectivity index (χ3v) is 3.18. The molecule has 0 amide bonds. The van der Waals surface area contributed by atoms with Crippen molar-refractivity contribution in [2.75, 3.05) is 33.4 Å². The summed E-state index contributed by atoms with van der Waals surface area (Å²) in [5, 5.41) is 3.45. The summed E-state index contributed by atoms with van der Waals surface area (Å²) in [7, 11) is 1.69. The van der Waals surface area contributed by atoms with Crippen molar-refractivity contribution in [1.82, 2.24) is 5.32 Å². The van der Waals surface area contributed by atoms with Crippen molar-refractivity contribution < 1.29 is 9.47 Å². The Hall–Kier alpha value is -1.06. The van der Waals surface area contributed by atoms with Crippen LogP contribution in [0.1, 0.15) is 38.2 Å². The minimum absolute atomic E-state index is 0.503. The first kappa shape index (κ1) is 16.0. The number of para-hydroxylation sites is 1. The lowest BCUT2D eigenvalue weighted by molar-refractivity contribution is 0.145. The molecule has 3 nitrogen and oxygen atoms in total. The van der Waals surface area contributed by atoms with E-state index in [0.717, 1.165) is 25.3 Å². The van der Waals surface area contributed by atoms with Crippen LogP contribution in [0.25, 0.3) is 0 Å². The molecular weight excluding hydrogens is 238 g/mol. The number of methoxy groups -OCH3 is 1. The molecule has 1 aromatic rings. The van der Waals surface area contributed by atoms with Gasteiger partial charge in [-0.2, -0.15) is 0 Å². The summed E-state index contributed by atoms with van der Waals surface area (Å²) >= 11 is 0. The van der Waals surface area contributed by atoms with Crippen molar-refractivity contribution >= 4 is 0 Å². The van der Waals surface area contributed by atoms with Gasteiger partial charge in [0.2, 0.25) is 0 Å². The van der Waals surface area contributed by atoms with Gasteiger partial charge in [-0.1, -0.05) is 32.0 Å². The molecule has 0 saturated heterocycles. The van der Waals surface area contributed by atoms with Gasteiger partial charge in [-0.3, -0.25) is 0 Å². The molecule has 0 aliphatic carbocycles. The van der Waals surface area contributed by atoms with Crippen LogP contribution in [0.3, 0.4) is 0 Å². The van der Waals surface area contributed by atoms with E-state index >= 15 is 0 Å². The zero-order chi connectivity index (χ0) is 13.9. The molecule has 0 heterocycles. The monoisotopic (exact) mass is 265 g/mol. The number of benzene rings is 1. The van der Waals surface area contributed by atoms with Crippen molar-refractivity contribution in [3.05, 3.63) is 29.8 Å². The van der Waals surface area contributed by atoms with Crippen molar-refractivity contribution in [2.45, 2.75) is 32.6 Å². The lowest BCUT2D eigenvalue weighted by atomic mass is 9.97. The molecule has 1 aromatic carbocycles. The van der Waals surface area contributed by atoms with Crippen molar-refractivity contribution in [1.29, 1.82) is 0 Å². The van der Waals surface area contributed by atoms with Gasteiger partial charge in [0.1, 0.15) is 12.4 Å². The van der Waals surface area contributed by atoms with Crippen molar-refractivity contribution in [2.24, 2.45) is 0 Å². The van der Waals surface area contributed by atoms with Gasteiger partial charge in [0.05, 0.1) is 6.61 Å². The van der Waals surface area contributed by atoms with Crippen molar-refractivity contribution in [3.8, 4) is 5.75 Å². The third kappa shape index (κ3) is 6.08. The lowest BCUT2D eigenvalue weighted by Gasteiger charge is -2.17. The van der Waals surface area contributed by atoms with Gasteiger partial charge in [-0.25, -0.2) is 0 Å². The normalized spacial score (nSPS) is 12.4. The minimum atomic E-state index is 0.503. The molecular formula is C16H27NO2. The first-order valence-electron chi connectivity index (χ1n) is 7.21. The summed E-state index contributed by atoms with van der Waals surface area (Å²) in [6.45, 7) is 7.83. The highest BCUT2D eigenvalue weighted by molar-refractivity contribution is 5.35. The predicted molar refractivity (Wildman–Crippen MR) is 80.0 cm³/mol. The summed E-state index contributed by atoms with van der Waals surface area (Å²) in [5.74, 6) is 1.49. The van der Waals surface area contributed by atoms with Crippen LogP contribution < -0.4 is 10.1 Å². The van der Waals surface area contributed by atoms with Crippen molar-refractivity contribution in [3.63, 3.8) is 0 Å². The Morgan fingerprint density at radius 2 is 1.95 bits per heavy atom. The molecule has 0 saturated carbocycles. The van der Waals surface area contributed by atoms with Gasteiger partial charge in [0.15, 0.2) is 0 Å². The second-order valence-corrected chi connectivity index (χ2v) is 4.82. The summed E-state index contributed by atoms with van der Waals surface area (Å²) < 4.78 is 10.8. The van der Waals surface area contributed by atoms with Crippen LogP contribution in [0.15, 0.2) is 24.3 Å². The number of ether oxygens (including phenoxy) is 2. The molecule has 0 radical (unpaired) electrons. The van der Waals surface area contributed by atoms with Crippen LogP contribution in [0, 0.1) is 0 Å². The van der Waals surface area contributed by atoms with Crippen LogP contribution >= 0.6 is 0 Å². The van der Waals surface area contributed by atoms with E-state index in [2.05, 4.69) is 31.3 Å². The number of hydrogen-bond acceptors (Lipinski definition) is 3. The molecule has 1 unspecified atom stereocenters. The third-order valence-electron chi connectivity index (χ3n) is 3.18. The fourth-order valence-electron chi connectivity index (χ4n) is 2.03. The number of nitrogens with one attached hydrogen (secondary N) is 1. The van der Waals surface area contributed by atoms with Crippen LogP contribution in [-0.4, -0.2) is 33.4 Å². The summed E-state index contributed by atoms with van der Waals surface area (Å²) in [4.78, 5) is 0. The lowest BCUT2D eigenvalue weighted by Crippen LogP contribution is -2.18. The van der Waals surface area contributed by atoms with Crippen LogP contribution in [-0.2, 0) is 4.74 Å². The molecule has 0 fully saturated rings. The maximum Gasteiger partial charge on any atom is 0.122 e. The maximum absolute atomic E-state index is 5.78. The molecule has 1 rings (SSSR count). The highest BCUT2D eigenvalue weighted by Crippen LogP contribution is 2.28. The highest BCUT2D eigenvalue weighted by Gasteiger charge is 2.10. The fraction of sp³-hybridized carbons (Fsp3) is 0.625. The summed E-state index contributed by atoms with van der Waals surface area (Å²) in [6.07, 6.45) is 2.32. The van der Waals surface area contributed by atoms with Crippen LogP contribution in [0.4, 0.5) is 0 Å². The molecule has 0 aromatic heterocycles. The zero-order valence-electron chi connectivity index (χ0n) is 12.4. The summed E-state index contributed by atoms with van der Waals surface area (Å²) in [5.41, 5.74) is 1.29. The van der Waals surface area contributed by atoms with Gasteiger partial charge in [0, 0.05) is 7.11 Å². The molecule has 3 heteroatoms. The van der Waals surface area contributed by atoms with E-state index in [4.69, 9.17) is 9.47 Å². The average Bonchev–Trinajstić information content (AvgIpc) is 2.44. The molecule has 0 aliphatic heterocycles. The molecule has 0 spiro atoms. The van der Waals surface area contributed by atoms with Gasteiger partial charge >= 0.3 is 0 Å². The maximum atomic E-state index is 5.78. The van der Waals surface area contributed by atoms with E-state index in [0.29, 0.717) is 19.1 Å². The molecule has 0 bridgehead atoms. The van der Waals surface area contributed by atoms with E-state index in [9.17, 15) is 0 Å². The second-order valence-electron chi connectivity index (χ2n) is 4.82. The predicted octanol–water partition coefficient (Wildman–Crippen LogP) is 3.21. The first-order valence-corrected chi connectivity index (χ1v) is 7.21. The quantitative estimate of drug-likeness (QED) is 0.659. The Bertz CT molecular complexity index is 341. The summed E-state index contributed by atoms with van der Waals surface area (Å²) in [6, 6.07) is 8.30. The molecule has 1 atom stereocenters. The highest BCUT2D eigenvalue weighted by atomic mass is 16.5. The van der Waals surface area contributed by atoms with E-state index in [1.165, 1.54) is 12.0 Å². The number of hydrogen-bond donors (Lipinski definition) is 1. The molecule has 108 valence electrons. The van der Waals surface area contributed by atoms with E-state index in [1.807, 2.05) is 12.1 Å². The van der Waals surface area contributed by atoms with E-state index in [-0.39, 0.29) is 0 Å². The Balaban J connectivity index is 2.50. The fourth-order valence-corrected chi connectivity index (χ4v) is 2.03. The Kier molecular flexibility index (Phi) is 8.26. The van der Waals surface area contributed by atoms with E-state index in [1.54, 1.807) is 7.11 Å². The molecule has 0 aliphatic rings. The smallest absolute Gasteiger partial charge is 0.122 e. The Morgan fingerprint density at radius 1 is 1.16 bits per heavy atom. The zero-order valence-corrected chi connectivity index (χ0v) is 12.4. The van der Waals surface area contributed by atoms with Crippen LogP contribution in [0.5, 0.6) is 5.75 Å². The van der Waals surface area contributed by atoms with Crippen LogP contribution in [0.2, 0.25) is 0 Å². The Labute approximate surface area is 117 Å². The van der Waals surface area contributed by atoms with Gasteiger partial charge < -0.3 is 14.8 Å². The SMILES string of the molecule is CCCNCCC(C)c1ccccc1OCCOC. The van der Waals surface area contributed by atoms with Gasteiger partial charge in [0.25, 0.3) is 0 Å². The number of rotatable bonds is 10. The largest absolute Gasteiger partial charge is 0.491 e. The van der Waals surface area contributed by atoms with E-state index < -0.39 is 0 Å². The Morgan fingerprint density at radius 3 is 2.68 bits per heavy atom. The standard InChI is InChI=1S/C16H27NO2/c1-4-10-17-11-9-14(2)15-7-5-6-8-16(15)19-13-12-18-3/h5-8,14,17H,4,9-13H2,1-3H3. The second kappa shape index (κ2) is 9.82. The average molecular weight is 265 g/mol. The van der Waals surface area contributed by atoms with Gasteiger partial charge in [-0.05, 0) is 43.5 Å². The first-order chi connectivity index (χ1) is 9.29. The van der Waals surface area contributed by atoms with Gasteiger partial charge in [-0.15, -0.1) is 0 Å². The molecule has 19 heavy (non-hydrogen) atoms.